The van der Waals surface area contributed by atoms with Crippen LogP contribution in [-0.4, -0.2) is 41.1 Å². The topological polar surface area (TPSA) is 84.9 Å². The molecule has 3 rings (SSSR count). The van der Waals surface area contributed by atoms with Gasteiger partial charge in [-0.1, -0.05) is 24.3 Å². The van der Waals surface area contributed by atoms with Gasteiger partial charge in [0.25, 0.3) is 10.0 Å². The Hall–Kier alpha value is -3.52. The lowest BCUT2D eigenvalue weighted by Crippen LogP contribution is -2.42. The average Bonchev–Trinajstić information content (AvgIpc) is 2.80. The fraction of sp³-hybridized carbons (Fsp3) is 0.240. The molecule has 3 aromatic carbocycles. The standard InChI is InChI=1S/C25H28N2O5S/c1-19-15-20(2)17-21(16-19)27(33(29,30)24-7-5-4-6-8-24)18-25(28)26-13-14-32-23-11-9-22(31-3)10-12-23/h4-12,15-17H,13-14,18H2,1-3H3,(H,26,28). The minimum Gasteiger partial charge on any atom is -0.497 e. The molecule has 1 amide bonds. The Morgan fingerprint density at radius 1 is 0.909 bits per heavy atom. The Bertz CT molecular complexity index is 1160. The minimum atomic E-state index is -3.93. The number of aryl methyl sites for hydroxylation is 2. The normalized spacial score (nSPS) is 11.0. The maximum absolute atomic E-state index is 13.4. The van der Waals surface area contributed by atoms with Crippen LogP contribution in [0, 0.1) is 13.8 Å². The van der Waals surface area contributed by atoms with Crippen molar-refractivity contribution >= 4 is 21.6 Å². The van der Waals surface area contributed by atoms with Crippen LogP contribution in [0.1, 0.15) is 11.1 Å². The van der Waals surface area contributed by atoms with Crippen molar-refractivity contribution in [3.63, 3.8) is 0 Å². The molecule has 0 saturated carbocycles. The highest BCUT2D eigenvalue weighted by molar-refractivity contribution is 7.92. The van der Waals surface area contributed by atoms with Gasteiger partial charge >= 0.3 is 0 Å². The molecule has 0 bridgehead atoms. The predicted octanol–water partition coefficient (Wildman–Crippen LogP) is 3.70. The fourth-order valence-corrected chi connectivity index (χ4v) is 4.77. The quantitative estimate of drug-likeness (QED) is 0.459. The van der Waals surface area contributed by atoms with Crippen LogP contribution in [-0.2, 0) is 14.8 Å². The molecule has 0 atom stereocenters. The van der Waals surface area contributed by atoms with E-state index in [0.29, 0.717) is 11.4 Å². The summed E-state index contributed by atoms with van der Waals surface area (Å²) in [6.07, 6.45) is 0. The molecule has 7 nitrogen and oxygen atoms in total. The third-order valence-corrected chi connectivity index (χ3v) is 6.65. The molecule has 1 N–H and O–H groups in total. The lowest BCUT2D eigenvalue weighted by Gasteiger charge is -2.25. The number of sulfonamides is 1. The summed E-state index contributed by atoms with van der Waals surface area (Å²) in [5.74, 6) is 0.947. The molecule has 8 heteroatoms. The van der Waals surface area contributed by atoms with Gasteiger partial charge in [0.2, 0.25) is 5.91 Å². The number of carbonyl (C=O) groups excluding carboxylic acids is 1. The molecule has 0 radical (unpaired) electrons. The molecule has 0 spiro atoms. The van der Waals surface area contributed by atoms with Gasteiger partial charge in [0, 0.05) is 0 Å². The van der Waals surface area contributed by atoms with Gasteiger partial charge in [0.05, 0.1) is 24.2 Å². The zero-order chi connectivity index (χ0) is 23.8. The number of nitrogens with zero attached hydrogens (tertiary/aromatic N) is 1. The number of ether oxygens (including phenoxy) is 2. The number of rotatable bonds is 10. The van der Waals surface area contributed by atoms with Crippen molar-refractivity contribution in [1.29, 1.82) is 0 Å². The molecule has 33 heavy (non-hydrogen) atoms. The van der Waals surface area contributed by atoms with E-state index < -0.39 is 15.9 Å². The van der Waals surface area contributed by atoms with E-state index in [4.69, 9.17) is 9.47 Å². The van der Waals surface area contributed by atoms with Gasteiger partial charge < -0.3 is 14.8 Å². The summed E-state index contributed by atoms with van der Waals surface area (Å²) in [5.41, 5.74) is 2.26. The number of anilines is 1. The van der Waals surface area contributed by atoms with Crippen LogP contribution in [0.3, 0.4) is 0 Å². The number of nitrogens with one attached hydrogen (secondary N) is 1. The van der Waals surface area contributed by atoms with Crippen LogP contribution in [0.25, 0.3) is 0 Å². The number of carbonyl (C=O) groups is 1. The van der Waals surface area contributed by atoms with Gasteiger partial charge in [0.15, 0.2) is 0 Å². The second kappa shape index (κ2) is 10.9. The first-order valence-electron chi connectivity index (χ1n) is 10.5. The van der Waals surface area contributed by atoms with E-state index in [-0.39, 0.29) is 24.6 Å². The third kappa shape index (κ3) is 6.49. The first-order valence-corrected chi connectivity index (χ1v) is 11.9. The van der Waals surface area contributed by atoms with Gasteiger partial charge in [-0.05, 0) is 73.5 Å². The van der Waals surface area contributed by atoms with Crippen LogP contribution in [0.5, 0.6) is 11.5 Å². The molecule has 0 fully saturated rings. The van der Waals surface area contributed by atoms with Gasteiger partial charge in [-0.25, -0.2) is 8.42 Å². The molecule has 174 valence electrons. The van der Waals surface area contributed by atoms with Crippen molar-refractivity contribution in [2.75, 3.05) is 31.1 Å². The maximum atomic E-state index is 13.4. The summed E-state index contributed by atoms with van der Waals surface area (Å²) in [5, 5.41) is 2.73. The van der Waals surface area contributed by atoms with Gasteiger partial charge in [-0.2, -0.15) is 0 Å². The van der Waals surface area contributed by atoms with E-state index in [9.17, 15) is 13.2 Å². The molecule has 0 aromatic heterocycles. The predicted molar refractivity (Wildman–Crippen MR) is 128 cm³/mol. The zero-order valence-electron chi connectivity index (χ0n) is 18.9. The van der Waals surface area contributed by atoms with E-state index in [1.807, 2.05) is 19.9 Å². The van der Waals surface area contributed by atoms with Crippen molar-refractivity contribution in [2.24, 2.45) is 0 Å². The van der Waals surface area contributed by atoms with E-state index in [1.54, 1.807) is 61.7 Å². The van der Waals surface area contributed by atoms with E-state index in [2.05, 4.69) is 5.32 Å². The maximum Gasteiger partial charge on any atom is 0.264 e. The lowest BCUT2D eigenvalue weighted by atomic mass is 10.1. The molecule has 0 aliphatic heterocycles. The number of hydrogen-bond donors (Lipinski definition) is 1. The largest absolute Gasteiger partial charge is 0.497 e. The second-order valence-corrected chi connectivity index (χ2v) is 9.41. The molecular weight excluding hydrogens is 440 g/mol. The van der Waals surface area contributed by atoms with Gasteiger partial charge in [-0.15, -0.1) is 0 Å². The van der Waals surface area contributed by atoms with Crippen LogP contribution in [0.4, 0.5) is 5.69 Å². The molecule has 0 heterocycles. The van der Waals surface area contributed by atoms with Crippen LogP contribution in [0.2, 0.25) is 0 Å². The summed E-state index contributed by atoms with van der Waals surface area (Å²) < 4.78 is 38.6. The van der Waals surface area contributed by atoms with Gasteiger partial charge in [0.1, 0.15) is 24.7 Å². The van der Waals surface area contributed by atoms with Gasteiger partial charge in [-0.3, -0.25) is 9.10 Å². The molecule has 0 aliphatic carbocycles. The molecule has 0 saturated heterocycles. The first kappa shape index (κ1) is 24.1. The monoisotopic (exact) mass is 468 g/mol. The Labute approximate surface area is 195 Å². The first-order chi connectivity index (χ1) is 15.8. The number of benzene rings is 3. The van der Waals surface area contributed by atoms with E-state index >= 15 is 0 Å². The number of amides is 1. The fourth-order valence-electron chi connectivity index (χ4n) is 3.35. The summed E-state index contributed by atoms with van der Waals surface area (Å²) in [7, 11) is -2.35. The Morgan fingerprint density at radius 2 is 1.52 bits per heavy atom. The SMILES string of the molecule is COc1ccc(OCCNC(=O)CN(c2cc(C)cc(C)c2)S(=O)(=O)c2ccccc2)cc1. The number of methoxy groups -OCH3 is 1. The highest BCUT2D eigenvalue weighted by atomic mass is 32.2. The average molecular weight is 469 g/mol. The van der Waals surface area contributed by atoms with E-state index in [0.717, 1.165) is 21.2 Å². The highest BCUT2D eigenvalue weighted by Crippen LogP contribution is 2.25. The summed E-state index contributed by atoms with van der Waals surface area (Å²) >= 11 is 0. The third-order valence-electron chi connectivity index (χ3n) is 4.87. The van der Waals surface area contributed by atoms with Crippen molar-refractivity contribution in [3.8, 4) is 11.5 Å². The smallest absolute Gasteiger partial charge is 0.264 e. The Balaban J connectivity index is 1.69. The summed E-state index contributed by atoms with van der Waals surface area (Å²) in [4.78, 5) is 12.8. The van der Waals surface area contributed by atoms with Crippen molar-refractivity contribution < 1.29 is 22.7 Å². The molecule has 3 aromatic rings. The highest BCUT2D eigenvalue weighted by Gasteiger charge is 2.27. The lowest BCUT2D eigenvalue weighted by molar-refractivity contribution is -0.119. The number of hydrogen-bond acceptors (Lipinski definition) is 5. The molecular formula is C25H28N2O5S. The molecule has 0 aliphatic rings. The summed E-state index contributed by atoms with van der Waals surface area (Å²) in [6.45, 7) is 3.91. The Morgan fingerprint density at radius 3 is 2.12 bits per heavy atom. The van der Waals surface area contributed by atoms with Crippen molar-refractivity contribution in [1.82, 2.24) is 5.32 Å². The van der Waals surface area contributed by atoms with E-state index in [1.165, 1.54) is 12.1 Å². The minimum absolute atomic E-state index is 0.125. The Kier molecular flexibility index (Phi) is 7.95. The molecule has 0 unspecified atom stereocenters. The van der Waals surface area contributed by atoms with Crippen LogP contribution >= 0.6 is 0 Å². The second-order valence-electron chi connectivity index (χ2n) is 7.54. The zero-order valence-corrected chi connectivity index (χ0v) is 19.8. The van der Waals surface area contributed by atoms with Crippen molar-refractivity contribution in [2.45, 2.75) is 18.7 Å². The van der Waals surface area contributed by atoms with Crippen LogP contribution in [0.15, 0.2) is 77.7 Å². The van der Waals surface area contributed by atoms with Crippen LogP contribution < -0.4 is 19.1 Å². The summed E-state index contributed by atoms with van der Waals surface area (Å²) in [6, 6.07) is 20.7. The van der Waals surface area contributed by atoms with Crippen molar-refractivity contribution in [3.05, 3.63) is 83.9 Å².